The van der Waals surface area contributed by atoms with Gasteiger partial charge in [0.1, 0.15) is 0 Å². The fraction of sp³-hybridized carbons (Fsp3) is 0.333. The van der Waals surface area contributed by atoms with E-state index >= 15 is 0 Å². The summed E-state index contributed by atoms with van der Waals surface area (Å²) >= 11 is 0. The second kappa shape index (κ2) is 6.60. The summed E-state index contributed by atoms with van der Waals surface area (Å²) in [5.74, 6) is -1.53. The summed E-state index contributed by atoms with van der Waals surface area (Å²) in [5, 5.41) is 8.75. The summed E-state index contributed by atoms with van der Waals surface area (Å²) in [7, 11) is -2.73. The Morgan fingerprint density at radius 1 is 1.40 bits per heavy atom. The van der Waals surface area contributed by atoms with Crippen LogP contribution in [-0.4, -0.2) is 45.0 Å². The predicted octanol–water partition coefficient (Wildman–Crippen LogP) is 0.267. The van der Waals surface area contributed by atoms with Gasteiger partial charge in [0.05, 0.1) is 4.90 Å². The number of carbonyl (C=O) groups excluding carboxylic acids is 1. The molecule has 8 heteroatoms. The van der Waals surface area contributed by atoms with Gasteiger partial charge in [0.15, 0.2) is 11.9 Å². The van der Waals surface area contributed by atoms with Crippen LogP contribution < -0.4 is 4.72 Å². The number of hydrogen-bond acceptors (Lipinski definition) is 5. The topological polar surface area (TPSA) is 110 Å². The molecule has 0 radical (unpaired) electrons. The first kappa shape index (κ1) is 16.3. The zero-order chi connectivity index (χ0) is 15.3. The van der Waals surface area contributed by atoms with Crippen LogP contribution in [0.1, 0.15) is 17.3 Å². The smallest absolute Gasteiger partial charge is 0.334 e. The van der Waals surface area contributed by atoms with E-state index in [0.29, 0.717) is 0 Å². The molecule has 0 aromatic heterocycles. The molecular formula is C12H15NO6S. The second-order valence-electron chi connectivity index (χ2n) is 4.00. The average molecular weight is 301 g/mol. The Bertz CT molecular complexity index is 610. The molecule has 1 aromatic rings. The first-order valence-electron chi connectivity index (χ1n) is 5.64. The lowest BCUT2D eigenvalue weighted by molar-refractivity contribution is -0.147. The van der Waals surface area contributed by atoms with E-state index in [9.17, 15) is 18.0 Å². The van der Waals surface area contributed by atoms with Crippen molar-refractivity contribution in [2.45, 2.75) is 17.9 Å². The van der Waals surface area contributed by atoms with Crippen molar-refractivity contribution >= 4 is 21.8 Å². The number of carboxylic acid groups (broad SMARTS) is 1. The van der Waals surface area contributed by atoms with Crippen LogP contribution in [0.4, 0.5) is 0 Å². The average Bonchev–Trinajstić information content (AvgIpc) is 2.39. The quantitative estimate of drug-likeness (QED) is 0.699. The normalized spacial score (nSPS) is 12.9. The van der Waals surface area contributed by atoms with Crippen molar-refractivity contribution in [3.05, 3.63) is 29.8 Å². The van der Waals surface area contributed by atoms with E-state index in [2.05, 4.69) is 9.46 Å². The Kier molecular flexibility index (Phi) is 5.37. The van der Waals surface area contributed by atoms with Crippen LogP contribution in [0.5, 0.6) is 0 Å². The number of aliphatic carboxylic acids is 1. The number of methoxy groups -OCH3 is 1. The van der Waals surface area contributed by atoms with E-state index in [1.807, 2.05) is 0 Å². The second-order valence-corrected chi connectivity index (χ2v) is 5.77. The zero-order valence-corrected chi connectivity index (χ0v) is 11.8. The van der Waals surface area contributed by atoms with Gasteiger partial charge in [0, 0.05) is 19.2 Å². The third kappa shape index (κ3) is 4.12. The van der Waals surface area contributed by atoms with Gasteiger partial charge in [0.25, 0.3) is 0 Å². The molecule has 7 nitrogen and oxygen atoms in total. The number of benzene rings is 1. The molecular weight excluding hydrogens is 286 g/mol. The number of carbonyl (C=O) groups is 2. The summed E-state index contributed by atoms with van der Waals surface area (Å²) in [4.78, 5) is 21.8. The van der Waals surface area contributed by atoms with Crippen LogP contribution >= 0.6 is 0 Å². The minimum atomic E-state index is -3.90. The summed E-state index contributed by atoms with van der Waals surface area (Å²) in [6.07, 6.45) is -1.28. The number of ketones is 1. The molecule has 0 bridgehead atoms. The van der Waals surface area contributed by atoms with Crippen molar-refractivity contribution in [2.24, 2.45) is 0 Å². The monoisotopic (exact) mass is 301 g/mol. The van der Waals surface area contributed by atoms with Gasteiger partial charge in [-0.1, -0.05) is 12.1 Å². The molecule has 0 aliphatic carbocycles. The molecule has 0 heterocycles. The number of rotatable bonds is 7. The number of hydrogen-bond donors (Lipinski definition) is 2. The maximum atomic E-state index is 12.0. The third-order valence-corrected chi connectivity index (χ3v) is 3.99. The SMILES string of the molecule is COC(CNS(=O)(=O)c1cccc(C(C)=O)c1)C(=O)O. The molecule has 2 N–H and O–H groups in total. The first-order chi connectivity index (χ1) is 9.27. The Hall–Kier alpha value is -1.77. The van der Waals surface area contributed by atoms with Crippen LogP contribution in [0.15, 0.2) is 29.2 Å². The number of carboxylic acids is 1. The zero-order valence-electron chi connectivity index (χ0n) is 11.0. The summed E-state index contributed by atoms with van der Waals surface area (Å²) in [6.45, 7) is 0.920. The number of nitrogens with one attached hydrogen (secondary N) is 1. The molecule has 1 aromatic carbocycles. The molecule has 0 amide bonds. The Morgan fingerprint density at radius 2 is 2.05 bits per heavy atom. The predicted molar refractivity (Wildman–Crippen MR) is 70.1 cm³/mol. The summed E-state index contributed by atoms with van der Waals surface area (Å²) in [6, 6.07) is 5.48. The van der Waals surface area contributed by atoms with Gasteiger partial charge in [-0.3, -0.25) is 4.79 Å². The molecule has 0 aliphatic rings. The maximum absolute atomic E-state index is 12.0. The molecule has 1 rings (SSSR count). The largest absolute Gasteiger partial charge is 0.479 e. The molecule has 20 heavy (non-hydrogen) atoms. The Labute approximate surface area is 116 Å². The Morgan fingerprint density at radius 3 is 2.55 bits per heavy atom. The fourth-order valence-corrected chi connectivity index (χ4v) is 2.50. The van der Waals surface area contributed by atoms with Gasteiger partial charge < -0.3 is 9.84 Å². The minimum absolute atomic E-state index is 0.106. The highest BCUT2D eigenvalue weighted by molar-refractivity contribution is 7.89. The van der Waals surface area contributed by atoms with E-state index in [1.165, 1.54) is 38.3 Å². The summed E-state index contributed by atoms with van der Waals surface area (Å²) < 4.78 is 30.7. The highest BCUT2D eigenvalue weighted by atomic mass is 32.2. The van der Waals surface area contributed by atoms with Gasteiger partial charge in [-0.05, 0) is 19.1 Å². The summed E-state index contributed by atoms with van der Waals surface area (Å²) in [5.41, 5.74) is 0.259. The van der Waals surface area contributed by atoms with Crippen LogP contribution in [0.3, 0.4) is 0 Å². The molecule has 0 saturated carbocycles. The van der Waals surface area contributed by atoms with Crippen LogP contribution in [-0.2, 0) is 19.6 Å². The third-order valence-electron chi connectivity index (χ3n) is 2.57. The van der Waals surface area contributed by atoms with Crippen molar-refractivity contribution < 1.29 is 27.9 Å². The van der Waals surface area contributed by atoms with Crippen LogP contribution in [0.2, 0.25) is 0 Å². The van der Waals surface area contributed by atoms with Gasteiger partial charge in [0.2, 0.25) is 10.0 Å². The molecule has 0 saturated heterocycles. The highest BCUT2D eigenvalue weighted by Gasteiger charge is 2.21. The van der Waals surface area contributed by atoms with Gasteiger partial charge in [-0.15, -0.1) is 0 Å². The molecule has 1 atom stereocenters. The van der Waals surface area contributed by atoms with Crippen LogP contribution in [0, 0.1) is 0 Å². The lowest BCUT2D eigenvalue weighted by Gasteiger charge is -2.12. The molecule has 0 fully saturated rings. The van der Waals surface area contributed by atoms with Crippen molar-refractivity contribution in [3.63, 3.8) is 0 Å². The maximum Gasteiger partial charge on any atom is 0.334 e. The Balaban J connectivity index is 2.91. The van der Waals surface area contributed by atoms with Gasteiger partial charge in [-0.25, -0.2) is 17.9 Å². The van der Waals surface area contributed by atoms with Crippen molar-refractivity contribution in [1.82, 2.24) is 4.72 Å². The minimum Gasteiger partial charge on any atom is -0.479 e. The fourth-order valence-electron chi connectivity index (χ4n) is 1.42. The van der Waals surface area contributed by atoms with E-state index in [0.717, 1.165) is 0 Å². The van der Waals surface area contributed by atoms with Crippen molar-refractivity contribution in [1.29, 1.82) is 0 Å². The van der Waals surface area contributed by atoms with Crippen molar-refractivity contribution in [3.8, 4) is 0 Å². The number of ether oxygens (including phenoxy) is 1. The number of Topliss-reactive ketones (excluding diaryl/α,β-unsaturated/α-hetero) is 1. The van der Waals surface area contributed by atoms with E-state index in [-0.39, 0.29) is 16.2 Å². The highest BCUT2D eigenvalue weighted by Crippen LogP contribution is 2.12. The molecule has 0 spiro atoms. The van der Waals surface area contributed by atoms with Crippen LogP contribution in [0.25, 0.3) is 0 Å². The van der Waals surface area contributed by atoms with Crippen molar-refractivity contribution in [2.75, 3.05) is 13.7 Å². The van der Waals surface area contributed by atoms with E-state index in [1.54, 1.807) is 0 Å². The van der Waals surface area contributed by atoms with Gasteiger partial charge >= 0.3 is 5.97 Å². The lowest BCUT2D eigenvalue weighted by atomic mass is 10.2. The van der Waals surface area contributed by atoms with E-state index < -0.39 is 28.6 Å². The molecule has 110 valence electrons. The number of sulfonamides is 1. The van der Waals surface area contributed by atoms with E-state index in [4.69, 9.17) is 5.11 Å². The lowest BCUT2D eigenvalue weighted by Crippen LogP contribution is -2.37. The molecule has 0 aliphatic heterocycles. The first-order valence-corrected chi connectivity index (χ1v) is 7.12. The standard InChI is InChI=1S/C12H15NO6S/c1-8(14)9-4-3-5-10(6-9)20(17,18)13-7-11(19-2)12(15)16/h3-6,11,13H,7H2,1-2H3,(H,15,16). The van der Waals surface area contributed by atoms with Gasteiger partial charge in [-0.2, -0.15) is 0 Å². The molecule has 1 unspecified atom stereocenters.